The molecule has 0 aliphatic rings. The molecule has 0 amide bonds. The van der Waals surface area contributed by atoms with Gasteiger partial charge >= 0.3 is 0 Å². The average Bonchev–Trinajstić information content (AvgIpc) is 2.41. The van der Waals surface area contributed by atoms with E-state index in [1.807, 2.05) is 0 Å². The highest BCUT2D eigenvalue weighted by Gasteiger charge is 2.14. The Labute approximate surface area is 126 Å². The van der Waals surface area contributed by atoms with Crippen LogP contribution in [0.25, 0.3) is 0 Å². The van der Waals surface area contributed by atoms with E-state index in [1.165, 1.54) is 12.1 Å². The number of nitrogens with zero attached hydrogens (tertiary/aromatic N) is 1. The quantitative estimate of drug-likeness (QED) is 0.861. The summed E-state index contributed by atoms with van der Waals surface area (Å²) in [4.78, 5) is 0.543. The molecule has 2 N–H and O–H groups in total. The molecule has 1 unspecified atom stereocenters. The molecule has 2 aromatic carbocycles. The monoisotopic (exact) mass is 352 g/mol. The Morgan fingerprint density at radius 2 is 2.10 bits per heavy atom. The van der Waals surface area contributed by atoms with E-state index in [4.69, 9.17) is 11.0 Å². The van der Waals surface area contributed by atoms with Gasteiger partial charge in [-0.05, 0) is 40.2 Å². The van der Waals surface area contributed by atoms with Crippen molar-refractivity contribution in [1.82, 2.24) is 0 Å². The number of hydrogen-bond acceptors (Lipinski definition) is 3. The van der Waals surface area contributed by atoms with Crippen molar-refractivity contribution in [2.24, 2.45) is 0 Å². The molecule has 0 radical (unpaired) electrons. The van der Waals surface area contributed by atoms with Crippen molar-refractivity contribution in [2.75, 3.05) is 5.73 Å². The van der Waals surface area contributed by atoms with Gasteiger partial charge in [-0.2, -0.15) is 5.26 Å². The van der Waals surface area contributed by atoms with Crippen LogP contribution in [0.1, 0.15) is 11.1 Å². The van der Waals surface area contributed by atoms with E-state index in [9.17, 15) is 8.60 Å². The standard InChI is InChI=1S/C14H10BrFN2OS/c15-12-6-11(18)4-5-13(12)20(19)8-10-3-1-2-9(7-17)14(10)16/h1-6H,8,18H2. The number of nitriles is 1. The highest BCUT2D eigenvalue weighted by Crippen LogP contribution is 2.25. The molecule has 102 valence electrons. The Kier molecular flexibility index (Phi) is 4.53. The van der Waals surface area contributed by atoms with E-state index in [1.54, 1.807) is 30.3 Å². The lowest BCUT2D eigenvalue weighted by atomic mass is 10.1. The molecule has 6 heteroatoms. The van der Waals surface area contributed by atoms with Crippen LogP contribution in [0.4, 0.5) is 10.1 Å². The van der Waals surface area contributed by atoms with Gasteiger partial charge in [0.1, 0.15) is 11.9 Å². The van der Waals surface area contributed by atoms with Crippen molar-refractivity contribution in [3.8, 4) is 6.07 Å². The maximum absolute atomic E-state index is 13.9. The zero-order chi connectivity index (χ0) is 14.7. The summed E-state index contributed by atoms with van der Waals surface area (Å²) in [6, 6.07) is 11.2. The summed E-state index contributed by atoms with van der Waals surface area (Å²) in [7, 11) is -1.43. The first-order valence-electron chi connectivity index (χ1n) is 5.64. The number of rotatable bonds is 3. The second-order valence-electron chi connectivity index (χ2n) is 4.07. The first-order chi connectivity index (χ1) is 9.52. The third-order valence-corrected chi connectivity index (χ3v) is 5.03. The minimum absolute atomic E-state index is 0.00384. The van der Waals surface area contributed by atoms with E-state index in [0.717, 1.165) is 0 Å². The van der Waals surface area contributed by atoms with E-state index in [0.29, 0.717) is 15.1 Å². The zero-order valence-electron chi connectivity index (χ0n) is 10.3. The molecule has 0 aromatic heterocycles. The van der Waals surface area contributed by atoms with Crippen molar-refractivity contribution < 1.29 is 8.60 Å². The Morgan fingerprint density at radius 3 is 2.75 bits per heavy atom. The van der Waals surface area contributed by atoms with Crippen molar-refractivity contribution in [1.29, 1.82) is 5.26 Å². The predicted molar refractivity (Wildman–Crippen MR) is 79.8 cm³/mol. The van der Waals surface area contributed by atoms with Gasteiger partial charge < -0.3 is 5.73 Å². The second kappa shape index (κ2) is 6.16. The van der Waals surface area contributed by atoms with Crippen LogP contribution >= 0.6 is 15.9 Å². The van der Waals surface area contributed by atoms with Crippen LogP contribution in [0.3, 0.4) is 0 Å². The fraction of sp³-hybridized carbons (Fsp3) is 0.0714. The summed E-state index contributed by atoms with van der Waals surface area (Å²) >= 11 is 3.29. The van der Waals surface area contributed by atoms with Gasteiger partial charge in [0.15, 0.2) is 0 Å². The molecule has 2 aromatic rings. The number of nitrogen functional groups attached to an aromatic ring is 1. The minimum atomic E-state index is -1.43. The van der Waals surface area contributed by atoms with Crippen molar-refractivity contribution in [3.63, 3.8) is 0 Å². The molecule has 0 saturated carbocycles. The summed E-state index contributed by atoms with van der Waals surface area (Å²) in [5.41, 5.74) is 6.38. The SMILES string of the molecule is N#Cc1cccc(CS(=O)c2ccc(N)cc2Br)c1F. The molecule has 0 fully saturated rings. The van der Waals surface area contributed by atoms with Gasteiger partial charge in [-0.1, -0.05) is 12.1 Å². The number of nitrogens with two attached hydrogens (primary N) is 1. The highest BCUT2D eigenvalue weighted by molar-refractivity contribution is 9.10. The van der Waals surface area contributed by atoms with Crippen molar-refractivity contribution in [2.45, 2.75) is 10.6 Å². The van der Waals surface area contributed by atoms with Gasteiger partial charge in [0.05, 0.1) is 27.0 Å². The Bertz CT molecular complexity index is 728. The van der Waals surface area contributed by atoms with Gasteiger partial charge in [0.25, 0.3) is 0 Å². The first kappa shape index (κ1) is 14.7. The largest absolute Gasteiger partial charge is 0.399 e. The van der Waals surface area contributed by atoms with E-state index >= 15 is 0 Å². The fourth-order valence-corrected chi connectivity index (χ4v) is 3.79. The maximum Gasteiger partial charge on any atom is 0.145 e. The number of anilines is 1. The molecular formula is C14H10BrFN2OS. The fourth-order valence-electron chi connectivity index (χ4n) is 1.70. The summed E-state index contributed by atoms with van der Waals surface area (Å²) in [5, 5.41) is 8.78. The topological polar surface area (TPSA) is 66.9 Å². The van der Waals surface area contributed by atoms with Crippen LogP contribution in [0, 0.1) is 17.1 Å². The van der Waals surface area contributed by atoms with Gasteiger partial charge in [-0.3, -0.25) is 4.21 Å². The van der Waals surface area contributed by atoms with Gasteiger partial charge in [-0.15, -0.1) is 0 Å². The normalized spacial score (nSPS) is 11.8. The smallest absolute Gasteiger partial charge is 0.145 e. The molecule has 0 aliphatic carbocycles. The van der Waals surface area contributed by atoms with Crippen LogP contribution in [-0.4, -0.2) is 4.21 Å². The van der Waals surface area contributed by atoms with E-state index in [2.05, 4.69) is 15.9 Å². The summed E-state index contributed by atoms with van der Waals surface area (Å²) in [6.45, 7) is 0. The van der Waals surface area contributed by atoms with E-state index in [-0.39, 0.29) is 16.9 Å². The summed E-state index contributed by atoms with van der Waals surface area (Å²) in [6.07, 6.45) is 0. The number of hydrogen-bond donors (Lipinski definition) is 1. The van der Waals surface area contributed by atoms with Crippen molar-refractivity contribution >= 4 is 32.4 Å². The van der Waals surface area contributed by atoms with Crippen molar-refractivity contribution in [3.05, 3.63) is 57.8 Å². The molecule has 0 aliphatic heterocycles. The average molecular weight is 353 g/mol. The molecule has 2 rings (SSSR count). The lowest BCUT2D eigenvalue weighted by Gasteiger charge is -2.07. The molecule has 0 spiro atoms. The van der Waals surface area contributed by atoms with Crippen LogP contribution in [0.5, 0.6) is 0 Å². The van der Waals surface area contributed by atoms with Crippen LogP contribution in [-0.2, 0) is 16.6 Å². The highest BCUT2D eigenvalue weighted by atomic mass is 79.9. The van der Waals surface area contributed by atoms with Gasteiger partial charge in [0.2, 0.25) is 0 Å². The zero-order valence-corrected chi connectivity index (χ0v) is 12.7. The van der Waals surface area contributed by atoms with Crippen LogP contribution < -0.4 is 5.73 Å². The van der Waals surface area contributed by atoms with E-state index < -0.39 is 16.6 Å². The molecule has 1 atom stereocenters. The summed E-state index contributed by atoms with van der Waals surface area (Å²) < 4.78 is 26.8. The molecule has 20 heavy (non-hydrogen) atoms. The van der Waals surface area contributed by atoms with Crippen LogP contribution in [0.2, 0.25) is 0 Å². The Hall–Kier alpha value is -1.71. The van der Waals surface area contributed by atoms with Crippen LogP contribution in [0.15, 0.2) is 45.8 Å². The predicted octanol–water partition coefficient (Wildman–Crippen LogP) is 3.35. The molecule has 0 saturated heterocycles. The number of halogens is 2. The van der Waals surface area contributed by atoms with Gasteiger partial charge in [-0.25, -0.2) is 4.39 Å². The minimum Gasteiger partial charge on any atom is -0.399 e. The molecule has 0 heterocycles. The molecule has 0 bridgehead atoms. The van der Waals surface area contributed by atoms with Gasteiger partial charge in [0, 0.05) is 15.7 Å². The summed E-state index contributed by atoms with van der Waals surface area (Å²) in [5.74, 6) is -0.612. The molecule has 3 nitrogen and oxygen atoms in total. The third-order valence-electron chi connectivity index (χ3n) is 2.69. The Morgan fingerprint density at radius 1 is 1.35 bits per heavy atom. The third kappa shape index (κ3) is 3.06. The lowest BCUT2D eigenvalue weighted by Crippen LogP contribution is -2.01. The number of benzene rings is 2. The Balaban J connectivity index is 2.31. The second-order valence-corrected chi connectivity index (χ2v) is 6.34. The maximum atomic E-state index is 13.9. The lowest BCUT2D eigenvalue weighted by molar-refractivity contribution is 0.611. The first-order valence-corrected chi connectivity index (χ1v) is 7.75. The molecular weight excluding hydrogens is 343 g/mol.